The molecule has 2 aromatic rings. The van der Waals surface area contributed by atoms with E-state index in [1.54, 1.807) is 31.3 Å². The highest BCUT2D eigenvalue weighted by Crippen LogP contribution is 2.21. The fraction of sp³-hybridized carbons (Fsp3) is 0.375. The first-order valence-electron chi connectivity index (χ1n) is 7.47. The fourth-order valence-electron chi connectivity index (χ4n) is 1.86. The molecule has 1 aromatic carbocycles. The molecule has 0 aliphatic heterocycles. The van der Waals surface area contributed by atoms with Gasteiger partial charge in [0.15, 0.2) is 0 Å². The third-order valence-electron chi connectivity index (χ3n) is 3.14. The van der Waals surface area contributed by atoms with Gasteiger partial charge in [0, 0.05) is 23.7 Å². The summed E-state index contributed by atoms with van der Waals surface area (Å²) in [5, 5.41) is 12.8. The fourth-order valence-corrected chi connectivity index (χ4v) is 2.45. The second kappa shape index (κ2) is 7.48. The predicted molar refractivity (Wildman–Crippen MR) is 94.3 cm³/mol. The van der Waals surface area contributed by atoms with E-state index in [4.69, 9.17) is 0 Å². The number of nitrogens with one attached hydrogen (secondary N) is 3. The van der Waals surface area contributed by atoms with Crippen molar-refractivity contribution < 1.29 is 9.59 Å². The van der Waals surface area contributed by atoms with Crippen molar-refractivity contribution in [1.82, 2.24) is 20.5 Å². The number of nitrogens with zero attached hydrogens (tertiary/aromatic N) is 2. The highest BCUT2D eigenvalue weighted by Gasteiger charge is 2.19. The zero-order chi connectivity index (χ0) is 17.7. The van der Waals surface area contributed by atoms with E-state index in [1.165, 1.54) is 11.8 Å². The van der Waals surface area contributed by atoms with Crippen molar-refractivity contribution in [3.05, 3.63) is 35.7 Å². The molecule has 0 aliphatic carbocycles. The highest BCUT2D eigenvalue weighted by atomic mass is 32.2. The Morgan fingerprint density at radius 1 is 1.29 bits per heavy atom. The topological polar surface area (TPSA) is 99.8 Å². The highest BCUT2D eigenvalue weighted by molar-refractivity contribution is 7.99. The summed E-state index contributed by atoms with van der Waals surface area (Å²) < 4.78 is 0. The number of H-pyrrole nitrogens is 1. The van der Waals surface area contributed by atoms with Crippen LogP contribution in [0.3, 0.4) is 0 Å². The van der Waals surface area contributed by atoms with Crippen LogP contribution in [0.4, 0.5) is 5.69 Å². The molecule has 1 aromatic heterocycles. The van der Waals surface area contributed by atoms with Crippen LogP contribution in [0.2, 0.25) is 0 Å². The molecular weight excluding hydrogens is 326 g/mol. The molecule has 0 bridgehead atoms. The number of anilines is 1. The summed E-state index contributed by atoms with van der Waals surface area (Å²) in [6.45, 7) is 6.11. The van der Waals surface area contributed by atoms with Gasteiger partial charge in [0.1, 0.15) is 5.82 Å². The van der Waals surface area contributed by atoms with E-state index < -0.39 is 0 Å². The summed E-state index contributed by atoms with van der Waals surface area (Å²) in [7, 11) is 1.56. The zero-order valence-electron chi connectivity index (χ0n) is 14.1. The summed E-state index contributed by atoms with van der Waals surface area (Å²) in [6.07, 6.45) is 0. The summed E-state index contributed by atoms with van der Waals surface area (Å²) in [5.41, 5.74) is 0.952. The summed E-state index contributed by atoms with van der Waals surface area (Å²) in [4.78, 5) is 28.0. The van der Waals surface area contributed by atoms with E-state index in [2.05, 4.69) is 25.8 Å². The van der Waals surface area contributed by atoms with Gasteiger partial charge in [-0.05, 0) is 18.2 Å². The van der Waals surface area contributed by atoms with Crippen molar-refractivity contribution in [1.29, 1.82) is 0 Å². The number of amides is 2. The predicted octanol–water partition coefficient (Wildman–Crippen LogP) is 2.19. The van der Waals surface area contributed by atoms with Gasteiger partial charge < -0.3 is 10.6 Å². The van der Waals surface area contributed by atoms with E-state index in [0.717, 1.165) is 5.82 Å². The lowest BCUT2D eigenvalue weighted by Gasteiger charge is -2.12. The first-order valence-corrected chi connectivity index (χ1v) is 8.46. The quantitative estimate of drug-likeness (QED) is 0.720. The van der Waals surface area contributed by atoms with Crippen LogP contribution in [0.5, 0.6) is 0 Å². The molecule has 0 fully saturated rings. The van der Waals surface area contributed by atoms with Gasteiger partial charge in [-0.3, -0.25) is 14.7 Å². The Hall–Kier alpha value is -2.35. The van der Waals surface area contributed by atoms with Gasteiger partial charge >= 0.3 is 0 Å². The minimum Gasteiger partial charge on any atom is -0.355 e. The Bertz CT molecular complexity index is 736. The maximum absolute atomic E-state index is 12.0. The molecule has 128 valence electrons. The van der Waals surface area contributed by atoms with Gasteiger partial charge in [-0.2, -0.15) is 0 Å². The summed E-state index contributed by atoms with van der Waals surface area (Å²) in [5.74, 6) is 0.585. The Morgan fingerprint density at radius 2 is 2.04 bits per heavy atom. The number of thioether (sulfide) groups is 1. The molecule has 0 spiro atoms. The Labute approximate surface area is 145 Å². The molecule has 0 saturated carbocycles. The smallest absolute Gasteiger partial charge is 0.251 e. The normalized spacial score (nSPS) is 11.2. The van der Waals surface area contributed by atoms with Crippen LogP contribution in [0.15, 0.2) is 29.4 Å². The Morgan fingerprint density at radius 3 is 2.67 bits per heavy atom. The molecule has 0 aliphatic rings. The number of carbonyl (C=O) groups excluding carboxylic acids is 2. The zero-order valence-corrected chi connectivity index (χ0v) is 15.0. The molecule has 2 amide bonds. The third kappa shape index (κ3) is 4.82. The lowest BCUT2D eigenvalue weighted by molar-refractivity contribution is -0.113. The van der Waals surface area contributed by atoms with Crippen molar-refractivity contribution in [3.63, 3.8) is 0 Å². The minimum absolute atomic E-state index is 0.117. The summed E-state index contributed by atoms with van der Waals surface area (Å²) >= 11 is 1.25. The molecule has 0 saturated heterocycles. The lowest BCUT2D eigenvalue weighted by atomic mass is 9.96. The molecular formula is C16H21N5O2S. The molecule has 0 atom stereocenters. The second-order valence-electron chi connectivity index (χ2n) is 6.21. The number of aromatic nitrogens is 3. The standard InChI is InChI=1S/C16H21N5O2S/c1-16(2,3)14-19-15(21-20-14)24-9-12(22)18-11-7-5-6-10(8-11)13(23)17-4/h5-8H,9H2,1-4H3,(H,17,23)(H,18,22)(H,19,20,21). The average molecular weight is 347 g/mol. The van der Waals surface area contributed by atoms with Crippen LogP contribution in [-0.2, 0) is 10.2 Å². The molecule has 1 heterocycles. The van der Waals surface area contributed by atoms with E-state index in [-0.39, 0.29) is 23.0 Å². The van der Waals surface area contributed by atoms with Crippen LogP contribution in [0.25, 0.3) is 0 Å². The Kier molecular flexibility index (Phi) is 5.61. The van der Waals surface area contributed by atoms with Crippen LogP contribution in [0, 0.1) is 0 Å². The van der Waals surface area contributed by atoms with Gasteiger partial charge in [-0.1, -0.05) is 38.6 Å². The van der Waals surface area contributed by atoms with E-state index in [1.807, 2.05) is 20.8 Å². The van der Waals surface area contributed by atoms with E-state index in [9.17, 15) is 9.59 Å². The van der Waals surface area contributed by atoms with E-state index in [0.29, 0.717) is 16.4 Å². The van der Waals surface area contributed by atoms with Crippen LogP contribution < -0.4 is 10.6 Å². The molecule has 8 heteroatoms. The molecule has 0 unspecified atom stereocenters. The number of benzene rings is 1. The van der Waals surface area contributed by atoms with Gasteiger partial charge in [0.05, 0.1) is 5.75 Å². The van der Waals surface area contributed by atoms with Crippen molar-refractivity contribution in [2.75, 3.05) is 18.1 Å². The number of hydrogen-bond acceptors (Lipinski definition) is 5. The van der Waals surface area contributed by atoms with Gasteiger partial charge in [-0.25, -0.2) is 4.98 Å². The van der Waals surface area contributed by atoms with Crippen molar-refractivity contribution in [2.45, 2.75) is 31.3 Å². The molecule has 3 N–H and O–H groups in total. The molecule has 2 rings (SSSR count). The SMILES string of the molecule is CNC(=O)c1cccc(NC(=O)CSc2n[nH]c(C(C)(C)C)n2)c1. The average Bonchev–Trinajstić information content (AvgIpc) is 3.01. The number of hydrogen-bond donors (Lipinski definition) is 3. The lowest BCUT2D eigenvalue weighted by Crippen LogP contribution is -2.19. The largest absolute Gasteiger partial charge is 0.355 e. The van der Waals surface area contributed by atoms with Crippen LogP contribution >= 0.6 is 11.8 Å². The van der Waals surface area contributed by atoms with Gasteiger partial charge in [0.25, 0.3) is 5.91 Å². The number of carbonyl (C=O) groups is 2. The van der Waals surface area contributed by atoms with Crippen LogP contribution in [0.1, 0.15) is 37.0 Å². The van der Waals surface area contributed by atoms with Crippen molar-refractivity contribution in [3.8, 4) is 0 Å². The van der Waals surface area contributed by atoms with Crippen molar-refractivity contribution in [2.24, 2.45) is 0 Å². The first-order chi connectivity index (χ1) is 11.3. The molecule has 0 radical (unpaired) electrons. The number of aromatic amines is 1. The minimum atomic E-state index is -0.198. The molecule has 24 heavy (non-hydrogen) atoms. The second-order valence-corrected chi connectivity index (χ2v) is 7.16. The first kappa shape index (κ1) is 18.0. The van der Waals surface area contributed by atoms with Gasteiger partial charge in [0.2, 0.25) is 11.1 Å². The van der Waals surface area contributed by atoms with Crippen LogP contribution in [-0.4, -0.2) is 39.8 Å². The third-order valence-corrected chi connectivity index (χ3v) is 3.99. The van der Waals surface area contributed by atoms with Crippen molar-refractivity contribution >= 4 is 29.3 Å². The van der Waals surface area contributed by atoms with Gasteiger partial charge in [-0.15, -0.1) is 5.10 Å². The monoisotopic (exact) mass is 347 g/mol. The van der Waals surface area contributed by atoms with E-state index >= 15 is 0 Å². The number of rotatable bonds is 5. The Balaban J connectivity index is 1.92. The molecule has 7 nitrogen and oxygen atoms in total. The maximum Gasteiger partial charge on any atom is 0.251 e. The maximum atomic E-state index is 12.0. The summed E-state index contributed by atoms with van der Waals surface area (Å²) in [6, 6.07) is 6.77.